The number of halogens is 1. The minimum Gasteiger partial charge on any atom is -0.484 e. The molecular weight excluding hydrogens is 460 g/mol. The van der Waals surface area contributed by atoms with Crippen molar-refractivity contribution in [3.8, 4) is 17.2 Å². The van der Waals surface area contributed by atoms with Crippen molar-refractivity contribution in [2.75, 3.05) is 11.9 Å². The number of hydrogen-bond acceptors (Lipinski definition) is 4. The van der Waals surface area contributed by atoms with Gasteiger partial charge in [0.2, 0.25) is 5.89 Å². The highest BCUT2D eigenvalue weighted by Gasteiger charge is 2.15. The second-order valence-corrected chi connectivity index (χ2v) is 10.3. The number of carbonyl (C=O) groups excluding carboxylic acids is 1. The van der Waals surface area contributed by atoms with Gasteiger partial charge < -0.3 is 14.5 Å². The Kier molecular flexibility index (Phi) is 7.18. The van der Waals surface area contributed by atoms with E-state index in [0.717, 1.165) is 23.1 Å². The van der Waals surface area contributed by atoms with Gasteiger partial charge in [0.25, 0.3) is 5.91 Å². The van der Waals surface area contributed by atoms with E-state index >= 15 is 0 Å². The standard InChI is InChI=1S/C29H31ClN2O3/c1-6-18(2)19-8-14-26-25(15-19)32-28(35-26)20-7-13-23(30)24(16-20)31-27(33)17-34-22-11-9-21(10-12-22)29(3,4)5/h7-16,18H,6,17H2,1-5H3,(H,31,33). The Morgan fingerprint density at radius 2 is 1.83 bits per heavy atom. The van der Waals surface area contributed by atoms with Gasteiger partial charge in [-0.2, -0.15) is 0 Å². The highest BCUT2D eigenvalue weighted by Crippen LogP contribution is 2.32. The molecule has 1 atom stereocenters. The molecule has 0 aliphatic heterocycles. The number of benzene rings is 3. The smallest absolute Gasteiger partial charge is 0.262 e. The number of aromatic nitrogens is 1. The summed E-state index contributed by atoms with van der Waals surface area (Å²) in [4.78, 5) is 17.2. The highest BCUT2D eigenvalue weighted by molar-refractivity contribution is 6.33. The van der Waals surface area contributed by atoms with Crippen molar-refractivity contribution >= 4 is 34.3 Å². The maximum Gasteiger partial charge on any atom is 0.262 e. The van der Waals surface area contributed by atoms with E-state index in [1.54, 1.807) is 12.1 Å². The summed E-state index contributed by atoms with van der Waals surface area (Å²) in [5, 5.41) is 3.25. The lowest BCUT2D eigenvalue weighted by atomic mass is 9.87. The van der Waals surface area contributed by atoms with Crippen molar-refractivity contribution in [2.24, 2.45) is 0 Å². The molecule has 1 amide bonds. The normalized spacial score (nSPS) is 12.5. The zero-order valence-electron chi connectivity index (χ0n) is 20.8. The van der Waals surface area contributed by atoms with Gasteiger partial charge in [-0.3, -0.25) is 4.79 Å². The number of ether oxygens (including phenoxy) is 1. The van der Waals surface area contributed by atoms with Gasteiger partial charge in [0.1, 0.15) is 11.3 Å². The van der Waals surface area contributed by atoms with E-state index in [0.29, 0.717) is 28.3 Å². The Morgan fingerprint density at radius 1 is 1.09 bits per heavy atom. The van der Waals surface area contributed by atoms with Crippen LogP contribution in [0.5, 0.6) is 5.75 Å². The highest BCUT2D eigenvalue weighted by atomic mass is 35.5. The van der Waals surface area contributed by atoms with Crippen molar-refractivity contribution in [2.45, 2.75) is 52.4 Å². The summed E-state index contributed by atoms with van der Waals surface area (Å²) < 4.78 is 11.6. The molecule has 0 bridgehead atoms. The molecule has 6 heteroatoms. The fraction of sp³-hybridized carbons (Fsp3) is 0.310. The molecule has 4 aromatic rings. The first-order valence-electron chi connectivity index (χ1n) is 11.9. The topological polar surface area (TPSA) is 64.4 Å². The molecule has 0 aliphatic carbocycles. The number of amides is 1. The summed E-state index contributed by atoms with van der Waals surface area (Å²) in [6, 6.07) is 19.2. The zero-order chi connectivity index (χ0) is 25.2. The second-order valence-electron chi connectivity index (χ2n) is 9.86. The average molecular weight is 491 g/mol. The third kappa shape index (κ3) is 5.85. The predicted octanol–water partition coefficient (Wildman–Crippen LogP) is 7.98. The van der Waals surface area contributed by atoms with Crippen LogP contribution in [0.4, 0.5) is 5.69 Å². The first-order valence-corrected chi connectivity index (χ1v) is 12.3. The SMILES string of the molecule is CCC(C)c1ccc2oc(-c3ccc(Cl)c(NC(=O)COc4ccc(C(C)(C)C)cc4)c3)nc2c1. The van der Waals surface area contributed by atoms with E-state index in [2.05, 4.69) is 57.1 Å². The molecule has 182 valence electrons. The van der Waals surface area contributed by atoms with Crippen LogP contribution in [0.2, 0.25) is 5.02 Å². The third-order valence-corrected chi connectivity index (χ3v) is 6.50. The number of fused-ring (bicyclic) bond motifs is 1. The van der Waals surface area contributed by atoms with Gasteiger partial charge in [0.15, 0.2) is 12.2 Å². The summed E-state index contributed by atoms with van der Waals surface area (Å²) in [6.45, 7) is 10.7. The van der Waals surface area contributed by atoms with E-state index in [9.17, 15) is 4.79 Å². The van der Waals surface area contributed by atoms with E-state index in [1.807, 2.05) is 36.4 Å². The Labute approximate surface area is 211 Å². The van der Waals surface area contributed by atoms with Crippen LogP contribution in [-0.2, 0) is 10.2 Å². The van der Waals surface area contributed by atoms with E-state index in [-0.39, 0.29) is 17.9 Å². The monoisotopic (exact) mass is 490 g/mol. The molecule has 1 unspecified atom stereocenters. The van der Waals surface area contributed by atoms with E-state index in [1.165, 1.54) is 11.1 Å². The van der Waals surface area contributed by atoms with Crippen LogP contribution in [0.25, 0.3) is 22.6 Å². The molecule has 0 aliphatic rings. The van der Waals surface area contributed by atoms with Crippen LogP contribution in [0.3, 0.4) is 0 Å². The van der Waals surface area contributed by atoms with Gasteiger partial charge >= 0.3 is 0 Å². The molecule has 1 N–H and O–H groups in total. The Morgan fingerprint density at radius 3 is 2.51 bits per heavy atom. The summed E-state index contributed by atoms with van der Waals surface area (Å²) in [5.74, 6) is 1.26. The minimum absolute atomic E-state index is 0.0581. The van der Waals surface area contributed by atoms with Crippen molar-refractivity contribution in [1.82, 2.24) is 4.98 Å². The van der Waals surface area contributed by atoms with Crippen LogP contribution in [0.1, 0.15) is 58.1 Å². The summed E-state index contributed by atoms with van der Waals surface area (Å²) in [6.07, 6.45) is 1.06. The van der Waals surface area contributed by atoms with Gasteiger partial charge in [0, 0.05) is 5.56 Å². The molecule has 0 radical (unpaired) electrons. The van der Waals surface area contributed by atoms with Gasteiger partial charge in [-0.1, -0.05) is 64.4 Å². The third-order valence-electron chi connectivity index (χ3n) is 6.17. The number of hydrogen-bond donors (Lipinski definition) is 1. The molecule has 4 rings (SSSR count). The molecule has 0 spiro atoms. The molecule has 0 saturated heterocycles. The van der Waals surface area contributed by atoms with Crippen LogP contribution in [0, 0.1) is 0 Å². The number of rotatable bonds is 7. The minimum atomic E-state index is -0.306. The zero-order valence-corrected chi connectivity index (χ0v) is 21.6. The van der Waals surface area contributed by atoms with Gasteiger partial charge in [0.05, 0.1) is 10.7 Å². The lowest BCUT2D eigenvalue weighted by Crippen LogP contribution is -2.20. The number of carbonyl (C=O) groups is 1. The molecule has 5 nitrogen and oxygen atoms in total. The molecule has 1 heterocycles. The van der Waals surface area contributed by atoms with Crippen molar-refractivity contribution in [3.05, 3.63) is 76.8 Å². The second kappa shape index (κ2) is 10.1. The van der Waals surface area contributed by atoms with Crippen molar-refractivity contribution in [1.29, 1.82) is 0 Å². The van der Waals surface area contributed by atoms with Crippen LogP contribution >= 0.6 is 11.6 Å². The lowest BCUT2D eigenvalue weighted by molar-refractivity contribution is -0.118. The van der Waals surface area contributed by atoms with E-state index in [4.69, 9.17) is 20.8 Å². The Balaban J connectivity index is 1.46. The predicted molar refractivity (Wildman–Crippen MR) is 142 cm³/mol. The number of nitrogens with one attached hydrogen (secondary N) is 1. The number of oxazole rings is 1. The molecule has 0 saturated carbocycles. The lowest BCUT2D eigenvalue weighted by Gasteiger charge is -2.19. The molecular formula is C29H31ClN2O3. The first-order chi connectivity index (χ1) is 16.6. The van der Waals surface area contributed by atoms with Crippen LogP contribution in [-0.4, -0.2) is 17.5 Å². The largest absolute Gasteiger partial charge is 0.484 e. The van der Waals surface area contributed by atoms with Gasteiger partial charge in [-0.05, 0) is 71.3 Å². The maximum absolute atomic E-state index is 12.5. The first kappa shape index (κ1) is 24.8. The molecule has 35 heavy (non-hydrogen) atoms. The van der Waals surface area contributed by atoms with Crippen LogP contribution < -0.4 is 10.1 Å². The number of nitrogens with zero attached hydrogens (tertiary/aromatic N) is 1. The summed E-state index contributed by atoms with van der Waals surface area (Å²) >= 11 is 6.35. The van der Waals surface area contributed by atoms with Crippen molar-refractivity contribution < 1.29 is 13.9 Å². The Hall–Kier alpha value is -3.31. The Bertz CT molecular complexity index is 1340. The average Bonchev–Trinajstić information content (AvgIpc) is 3.27. The fourth-order valence-corrected chi connectivity index (χ4v) is 3.92. The quantitative estimate of drug-likeness (QED) is 0.285. The fourth-order valence-electron chi connectivity index (χ4n) is 3.75. The maximum atomic E-state index is 12.5. The van der Waals surface area contributed by atoms with E-state index < -0.39 is 0 Å². The van der Waals surface area contributed by atoms with Gasteiger partial charge in [-0.25, -0.2) is 4.98 Å². The molecule has 1 aromatic heterocycles. The van der Waals surface area contributed by atoms with Crippen LogP contribution in [0.15, 0.2) is 65.1 Å². The van der Waals surface area contributed by atoms with Crippen molar-refractivity contribution in [3.63, 3.8) is 0 Å². The molecule has 0 fully saturated rings. The summed E-state index contributed by atoms with van der Waals surface area (Å²) in [7, 11) is 0. The number of anilines is 1. The summed E-state index contributed by atoms with van der Waals surface area (Å²) in [5.41, 5.74) is 5.23. The molecule has 3 aromatic carbocycles. The van der Waals surface area contributed by atoms with Gasteiger partial charge in [-0.15, -0.1) is 0 Å².